The molecule has 0 unspecified atom stereocenters. The Morgan fingerprint density at radius 2 is 1.90 bits per heavy atom. The third-order valence-corrected chi connectivity index (χ3v) is 6.26. The van der Waals surface area contributed by atoms with Crippen molar-refractivity contribution in [3.63, 3.8) is 0 Å². The maximum Gasteiger partial charge on any atom is 0.410 e. The number of rotatable bonds is 7. The third-order valence-electron chi connectivity index (χ3n) is 6.07. The smallest absolute Gasteiger partial charge is 0.410 e. The molecule has 0 aromatic carbocycles. The van der Waals surface area contributed by atoms with Gasteiger partial charge in [0.25, 0.3) is 18.2 Å². The number of hydrogen-bond donors (Lipinski definition) is 3. The average Bonchev–Trinajstić information content (AvgIpc) is 3.71. The summed E-state index contributed by atoms with van der Waals surface area (Å²) in [7, 11) is 1.34. The maximum absolute atomic E-state index is 13.4. The summed E-state index contributed by atoms with van der Waals surface area (Å²) in [5.41, 5.74) is 4.29. The predicted molar refractivity (Wildman–Crippen MR) is 151 cm³/mol. The van der Waals surface area contributed by atoms with Gasteiger partial charge in [-0.1, -0.05) is 26.0 Å². The molecule has 3 heterocycles. The molecule has 1 aliphatic heterocycles. The van der Waals surface area contributed by atoms with E-state index in [-0.39, 0.29) is 68.9 Å². The highest BCUT2D eigenvalue weighted by atomic mass is 32.2. The molecule has 0 atom stereocenters. The van der Waals surface area contributed by atoms with Crippen molar-refractivity contribution in [2.45, 2.75) is 39.2 Å². The number of aromatic nitrogens is 2. The number of alkyl halides is 2. The number of piperazine rings is 1. The Labute approximate surface area is 237 Å². The molecule has 15 heteroatoms. The van der Waals surface area contributed by atoms with Crippen LogP contribution in [0.1, 0.15) is 51.1 Å². The molecular weight excluding hydrogens is 548 g/mol. The molecule has 7 N–H and O–H groups in total. The molecule has 2 aromatic rings. The Balaban J connectivity index is 0.00000215. The SMILES string of the molecule is C.C=CSN.CCOC(=O)N1CCN(c2cc(-c3cc(C(F)F)ncc3OC)c(C(N)=O)cn2)C(=O)C12CC2.N.[HH]. The van der Waals surface area contributed by atoms with Gasteiger partial charge < -0.3 is 21.4 Å². The Kier molecular flexibility index (Phi) is 12.4. The van der Waals surface area contributed by atoms with Crippen molar-refractivity contribution >= 4 is 35.7 Å². The molecule has 1 saturated heterocycles. The number of hydrogen-bond acceptors (Lipinski definition) is 10. The summed E-state index contributed by atoms with van der Waals surface area (Å²) in [4.78, 5) is 48.6. The van der Waals surface area contributed by atoms with E-state index < -0.39 is 29.7 Å². The number of carbonyl (C=O) groups is 3. The number of primary amides is 1. The van der Waals surface area contributed by atoms with Crippen LogP contribution in [0.25, 0.3) is 11.1 Å². The zero-order chi connectivity index (χ0) is 28.0. The number of nitrogens with two attached hydrogens (primary N) is 2. The van der Waals surface area contributed by atoms with Gasteiger partial charge in [0.15, 0.2) is 0 Å². The van der Waals surface area contributed by atoms with Gasteiger partial charge in [0, 0.05) is 31.8 Å². The van der Waals surface area contributed by atoms with E-state index in [9.17, 15) is 23.2 Å². The van der Waals surface area contributed by atoms with Crippen LogP contribution >= 0.6 is 11.9 Å². The Bertz CT molecular complexity index is 1240. The molecule has 2 fully saturated rings. The second-order valence-electron chi connectivity index (χ2n) is 8.20. The normalized spacial score (nSPS) is 14.8. The van der Waals surface area contributed by atoms with Crippen LogP contribution in [0, 0.1) is 0 Å². The fourth-order valence-electron chi connectivity index (χ4n) is 4.13. The van der Waals surface area contributed by atoms with Crippen molar-refractivity contribution < 1.29 is 34.1 Å². The highest BCUT2D eigenvalue weighted by Gasteiger charge is 2.61. The molecule has 0 bridgehead atoms. The van der Waals surface area contributed by atoms with Gasteiger partial charge in [-0.2, -0.15) is 0 Å². The number of halogens is 2. The summed E-state index contributed by atoms with van der Waals surface area (Å²) >= 11 is 1.12. The number of anilines is 1. The molecule has 3 amide bonds. The van der Waals surface area contributed by atoms with Crippen LogP contribution in [0.4, 0.5) is 19.4 Å². The number of ether oxygens (including phenoxy) is 2. The zero-order valence-electron chi connectivity index (χ0n) is 21.6. The molecule has 1 spiro atoms. The minimum Gasteiger partial charge on any atom is -0.494 e. The van der Waals surface area contributed by atoms with Crippen LogP contribution in [0.5, 0.6) is 5.75 Å². The highest BCUT2D eigenvalue weighted by molar-refractivity contribution is 7.99. The van der Waals surface area contributed by atoms with Gasteiger partial charge in [-0.3, -0.25) is 29.5 Å². The Hall–Kier alpha value is -3.82. The van der Waals surface area contributed by atoms with Gasteiger partial charge in [0.05, 0.1) is 25.5 Å². The minimum absolute atomic E-state index is 0. The number of methoxy groups -OCH3 is 1. The van der Waals surface area contributed by atoms with Crippen LogP contribution in [0.2, 0.25) is 0 Å². The summed E-state index contributed by atoms with van der Waals surface area (Å²) in [5, 5.41) is 6.40. The largest absolute Gasteiger partial charge is 0.494 e. The van der Waals surface area contributed by atoms with Crippen LogP contribution in [-0.2, 0) is 9.53 Å². The molecule has 4 rings (SSSR count). The van der Waals surface area contributed by atoms with Crippen LogP contribution < -0.4 is 26.7 Å². The first-order valence-electron chi connectivity index (χ1n) is 11.5. The van der Waals surface area contributed by atoms with E-state index in [1.165, 1.54) is 29.2 Å². The fraction of sp³-hybridized carbons (Fsp3) is 0.400. The monoisotopic (exact) mass is 585 g/mol. The van der Waals surface area contributed by atoms with Crippen molar-refractivity contribution in [3.8, 4) is 16.9 Å². The molecular formula is C25H37F2N7O5S. The van der Waals surface area contributed by atoms with Gasteiger partial charge in [-0.25, -0.2) is 18.6 Å². The quantitative estimate of drug-likeness (QED) is 0.395. The molecule has 1 saturated carbocycles. The van der Waals surface area contributed by atoms with Crippen molar-refractivity contribution in [1.82, 2.24) is 21.0 Å². The fourth-order valence-corrected chi connectivity index (χ4v) is 4.13. The summed E-state index contributed by atoms with van der Waals surface area (Å²) in [6.07, 6.45) is -0.0991. The Morgan fingerprint density at radius 3 is 2.40 bits per heavy atom. The Morgan fingerprint density at radius 1 is 1.25 bits per heavy atom. The third kappa shape index (κ3) is 6.84. The molecule has 0 radical (unpaired) electrons. The number of carbonyl (C=O) groups excluding carboxylic acids is 3. The van der Waals surface area contributed by atoms with E-state index in [0.29, 0.717) is 12.8 Å². The second-order valence-corrected chi connectivity index (χ2v) is 8.81. The first kappa shape index (κ1) is 34.2. The lowest BCUT2D eigenvalue weighted by Crippen LogP contribution is -2.61. The van der Waals surface area contributed by atoms with E-state index >= 15 is 0 Å². The van der Waals surface area contributed by atoms with Crippen molar-refractivity contribution in [2.24, 2.45) is 10.9 Å². The lowest BCUT2D eigenvalue weighted by Gasteiger charge is -2.40. The number of amides is 3. The van der Waals surface area contributed by atoms with Gasteiger partial charge in [0.1, 0.15) is 22.8 Å². The molecule has 40 heavy (non-hydrogen) atoms. The summed E-state index contributed by atoms with van der Waals surface area (Å²) in [5.74, 6) is -0.825. The van der Waals surface area contributed by atoms with Crippen molar-refractivity contribution in [2.75, 3.05) is 31.7 Å². The standard InChI is InChI=1S/C22H23F2N5O5.C2H5NS.CH4.H3N.H2/c1-3-34-21(32)29-7-6-28(20(31)22(29)4-5-22)17-9-12(14(10-27-17)19(25)30)13-8-15(18(23)24)26-11-16(13)33-2;1-2-4-3;;;/h8-11,18H,3-7H2,1-2H3,(H2,25,30);2H,1,3H2;1H4;1H3;1H. The van der Waals surface area contributed by atoms with Gasteiger partial charge >= 0.3 is 6.09 Å². The first-order chi connectivity index (χ1) is 18.1. The van der Waals surface area contributed by atoms with Crippen molar-refractivity contribution in [1.29, 1.82) is 0 Å². The van der Waals surface area contributed by atoms with E-state index in [1.54, 1.807) is 12.3 Å². The van der Waals surface area contributed by atoms with E-state index in [2.05, 4.69) is 16.5 Å². The van der Waals surface area contributed by atoms with Gasteiger partial charge in [-0.05, 0) is 37.3 Å². The lowest BCUT2D eigenvalue weighted by atomic mass is 9.99. The number of nitrogens with zero attached hydrogens (tertiary/aromatic N) is 4. The lowest BCUT2D eigenvalue weighted by molar-refractivity contribution is -0.126. The molecule has 1 aliphatic carbocycles. The molecule has 222 valence electrons. The van der Waals surface area contributed by atoms with E-state index in [4.69, 9.17) is 20.3 Å². The maximum atomic E-state index is 13.4. The number of pyridine rings is 2. The zero-order valence-corrected chi connectivity index (χ0v) is 22.4. The summed E-state index contributed by atoms with van der Waals surface area (Å²) in [6.45, 7) is 5.56. The first-order valence-corrected chi connectivity index (χ1v) is 12.4. The van der Waals surface area contributed by atoms with Gasteiger partial charge in [0.2, 0.25) is 0 Å². The molecule has 12 nitrogen and oxygen atoms in total. The van der Waals surface area contributed by atoms with Gasteiger partial charge in [-0.15, -0.1) is 0 Å². The average molecular weight is 586 g/mol. The molecule has 2 aromatic heterocycles. The van der Waals surface area contributed by atoms with E-state index in [1.807, 2.05) is 0 Å². The van der Waals surface area contributed by atoms with E-state index in [0.717, 1.165) is 24.2 Å². The second kappa shape index (κ2) is 14.5. The summed E-state index contributed by atoms with van der Waals surface area (Å²) in [6, 6.07) is 2.54. The van der Waals surface area contributed by atoms with Crippen molar-refractivity contribution in [3.05, 3.63) is 47.8 Å². The van der Waals surface area contributed by atoms with Crippen LogP contribution in [0.15, 0.2) is 36.5 Å². The van der Waals surface area contributed by atoms with Crippen LogP contribution in [0.3, 0.4) is 0 Å². The minimum atomic E-state index is -2.85. The topological polar surface area (TPSA) is 189 Å². The molecule has 2 aliphatic rings. The van der Waals surface area contributed by atoms with Crippen LogP contribution in [-0.4, -0.2) is 65.1 Å². The highest BCUT2D eigenvalue weighted by Crippen LogP contribution is 2.46. The summed E-state index contributed by atoms with van der Waals surface area (Å²) < 4.78 is 37.0. The predicted octanol–water partition coefficient (Wildman–Crippen LogP) is 4.31.